The van der Waals surface area contributed by atoms with Gasteiger partial charge in [-0.3, -0.25) is 0 Å². The maximum atomic E-state index is 4.16. The lowest BCUT2D eigenvalue weighted by atomic mass is 9.90. The first-order valence-corrected chi connectivity index (χ1v) is 4.48. The molecule has 1 aromatic heterocycles. The normalized spacial score (nSPS) is 12.0. The van der Waals surface area contributed by atoms with E-state index in [1.165, 1.54) is 12.1 Å². The van der Waals surface area contributed by atoms with E-state index in [1.54, 1.807) is 0 Å². The lowest BCUT2D eigenvalue weighted by Gasteiger charge is -2.16. The molecule has 0 aliphatic heterocycles. The van der Waals surface area contributed by atoms with Gasteiger partial charge in [-0.2, -0.15) is 0 Å². The van der Waals surface area contributed by atoms with E-state index < -0.39 is 0 Å². The molecular weight excluding hydrogens is 148 g/mol. The highest BCUT2D eigenvalue weighted by atomic mass is 14.9. The standard InChI is InChI=1S/C10H18N2/c1-8-11-7-9(12-8)5-6-10(2,3)4/h7H,5-6H2,1-4H3,(H,11,12). The highest BCUT2D eigenvalue weighted by Crippen LogP contribution is 2.20. The summed E-state index contributed by atoms with van der Waals surface area (Å²) in [6, 6.07) is 0. The Labute approximate surface area is 74.4 Å². The number of nitrogens with one attached hydrogen (secondary N) is 1. The molecule has 0 aliphatic rings. The Balaban J connectivity index is 2.44. The summed E-state index contributed by atoms with van der Waals surface area (Å²) in [5.41, 5.74) is 1.67. The van der Waals surface area contributed by atoms with Gasteiger partial charge in [0, 0.05) is 11.9 Å². The number of rotatable bonds is 2. The van der Waals surface area contributed by atoms with Crippen LogP contribution in [0.25, 0.3) is 0 Å². The molecule has 0 fully saturated rings. The van der Waals surface area contributed by atoms with Crippen molar-refractivity contribution in [2.24, 2.45) is 5.41 Å². The summed E-state index contributed by atoms with van der Waals surface area (Å²) in [5.74, 6) is 1.01. The van der Waals surface area contributed by atoms with E-state index in [1.807, 2.05) is 13.1 Å². The van der Waals surface area contributed by atoms with Gasteiger partial charge in [0.1, 0.15) is 5.82 Å². The molecule has 0 amide bonds. The smallest absolute Gasteiger partial charge is 0.103 e. The number of aromatic amines is 1. The van der Waals surface area contributed by atoms with Crippen molar-refractivity contribution in [2.75, 3.05) is 0 Å². The molecule has 1 rings (SSSR count). The molecule has 0 spiro atoms. The van der Waals surface area contributed by atoms with Crippen molar-refractivity contribution in [1.29, 1.82) is 0 Å². The minimum Gasteiger partial charge on any atom is -0.346 e. The predicted octanol–water partition coefficient (Wildman–Crippen LogP) is 2.70. The first kappa shape index (κ1) is 9.30. The zero-order valence-corrected chi connectivity index (χ0v) is 8.44. The van der Waals surface area contributed by atoms with Gasteiger partial charge in [0.15, 0.2) is 0 Å². The van der Waals surface area contributed by atoms with Gasteiger partial charge in [0.25, 0.3) is 0 Å². The second-order valence-electron chi connectivity index (χ2n) is 4.55. The lowest BCUT2D eigenvalue weighted by molar-refractivity contribution is 0.376. The predicted molar refractivity (Wildman–Crippen MR) is 51.1 cm³/mol. The van der Waals surface area contributed by atoms with Crippen LogP contribution in [-0.4, -0.2) is 9.97 Å². The number of hydrogen-bond acceptors (Lipinski definition) is 1. The number of hydrogen-bond donors (Lipinski definition) is 1. The summed E-state index contributed by atoms with van der Waals surface area (Å²) in [4.78, 5) is 7.40. The van der Waals surface area contributed by atoms with E-state index in [0.717, 1.165) is 12.2 Å². The van der Waals surface area contributed by atoms with E-state index >= 15 is 0 Å². The average molecular weight is 166 g/mol. The van der Waals surface area contributed by atoms with Gasteiger partial charge in [-0.25, -0.2) is 4.98 Å². The molecule has 2 heteroatoms. The van der Waals surface area contributed by atoms with Crippen molar-refractivity contribution in [1.82, 2.24) is 9.97 Å². The molecule has 0 saturated heterocycles. The fourth-order valence-corrected chi connectivity index (χ4v) is 1.11. The van der Waals surface area contributed by atoms with E-state index in [2.05, 4.69) is 30.7 Å². The van der Waals surface area contributed by atoms with Gasteiger partial charge in [-0.15, -0.1) is 0 Å². The van der Waals surface area contributed by atoms with E-state index in [9.17, 15) is 0 Å². The SMILES string of the molecule is Cc1ncc(CCC(C)(C)C)[nH]1. The second-order valence-corrected chi connectivity index (χ2v) is 4.55. The summed E-state index contributed by atoms with van der Waals surface area (Å²) >= 11 is 0. The van der Waals surface area contributed by atoms with Gasteiger partial charge in [-0.1, -0.05) is 20.8 Å². The Morgan fingerprint density at radius 3 is 2.50 bits per heavy atom. The number of aromatic nitrogens is 2. The van der Waals surface area contributed by atoms with Crippen LogP contribution in [0.15, 0.2) is 6.20 Å². The molecule has 1 N–H and O–H groups in total. The van der Waals surface area contributed by atoms with Crippen molar-refractivity contribution >= 4 is 0 Å². The summed E-state index contributed by atoms with van der Waals surface area (Å²) in [6.07, 6.45) is 4.24. The molecule has 1 aromatic rings. The summed E-state index contributed by atoms with van der Waals surface area (Å²) in [5, 5.41) is 0. The molecule has 68 valence electrons. The largest absolute Gasteiger partial charge is 0.346 e. The molecule has 0 bridgehead atoms. The van der Waals surface area contributed by atoms with Crippen LogP contribution >= 0.6 is 0 Å². The molecule has 0 saturated carbocycles. The minimum absolute atomic E-state index is 0.416. The number of imidazole rings is 1. The fraction of sp³-hybridized carbons (Fsp3) is 0.700. The van der Waals surface area contributed by atoms with Crippen LogP contribution < -0.4 is 0 Å². The summed E-state index contributed by atoms with van der Waals surface area (Å²) < 4.78 is 0. The highest BCUT2D eigenvalue weighted by Gasteiger charge is 2.10. The van der Waals surface area contributed by atoms with Crippen LogP contribution in [-0.2, 0) is 6.42 Å². The Morgan fingerprint density at radius 1 is 1.42 bits per heavy atom. The quantitative estimate of drug-likeness (QED) is 0.719. The van der Waals surface area contributed by atoms with Crippen molar-refractivity contribution in [2.45, 2.75) is 40.5 Å². The van der Waals surface area contributed by atoms with Crippen LogP contribution in [0.3, 0.4) is 0 Å². The molecule has 0 radical (unpaired) electrons. The average Bonchev–Trinajstić information content (AvgIpc) is 2.30. The Morgan fingerprint density at radius 2 is 2.08 bits per heavy atom. The maximum Gasteiger partial charge on any atom is 0.103 e. The molecular formula is C10H18N2. The second kappa shape index (κ2) is 3.30. The van der Waals surface area contributed by atoms with Crippen LogP contribution in [0.4, 0.5) is 0 Å². The Kier molecular flexibility index (Phi) is 2.55. The summed E-state index contributed by atoms with van der Waals surface area (Å²) in [6.45, 7) is 8.77. The third-order valence-corrected chi connectivity index (χ3v) is 1.90. The molecule has 2 nitrogen and oxygen atoms in total. The third-order valence-electron chi connectivity index (χ3n) is 1.90. The first-order valence-electron chi connectivity index (χ1n) is 4.48. The fourth-order valence-electron chi connectivity index (χ4n) is 1.11. The van der Waals surface area contributed by atoms with Crippen molar-refractivity contribution in [3.63, 3.8) is 0 Å². The van der Waals surface area contributed by atoms with Gasteiger partial charge in [-0.05, 0) is 25.2 Å². The van der Waals surface area contributed by atoms with Gasteiger partial charge >= 0.3 is 0 Å². The van der Waals surface area contributed by atoms with E-state index in [0.29, 0.717) is 5.41 Å². The Hall–Kier alpha value is -0.790. The number of nitrogens with zero attached hydrogens (tertiary/aromatic N) is 1. The van der Waals surface area contributed by atoms with Crippen LogP contribution in [0.5, 0.6) is 0 Å². The first-order chi connectivity index (χ1) is 5.47. The van der Waals surface area contributed by atoms with Crippen LogP contribution in [0.2, 0.25) is 0 Å². The molecule has 0 aromatic carbocycles. The molecule has 1 heterocycles. The van der Waals surface area contributed by atoms with Crippen LogP contribution in [0, 0.1) is 12.3 Å². The van der Waals surface area contributed by atoms with Crippen molar-refractivity contribution in [3.8, 4) is 0 Å². The van der Waals surface area contributed by atoms with E-state index in [-0.39, 0.29) is 0 Å². The summed E-state index contributed by atoms with van der Waals surface area (Å²) in [7, 11) is 0. The van der Waals surface area contributed by atoms with Crippen molar-refractivity contribution in [3.05, 3.63) is 17.7 Å². The molecule has 0 aliphatic carbocycles. The minimum atomic E-state index is 0.416. The number of H-pyrrole nitrogens is 1. The van der Waals surface area contributed by atoms with E-state index in [4.69, 9.17) is 0 Å². The van der Waals surface area contributed by atoms with Crippen molar-refractivity contribution < 1.29 is 0 Å². The maximum absolute atomic E-state index is 4.16. The third kappa shape index (κ3) is 3.07. The topological polar surface area (TPSA) is 28.7 Å². The molecule has 0 atom stereocenters. The van der Waals surface area contributed by atoms with Crippen LogP contribution in [0.1, 0.15) is 38.7 Å². The zero-order valence-electron chi connectivity index (χ0n) is 8.44. The zero-order chi connectivity index (χ0) is 9.19. The Bertz CT molecular complexity index is 243. The number of aryl methyl sites for hydroxylation is 2. The highest BCUT2D eigenvalue weighted by molar-refractivity contribution is 5.00. The van der Waals surface area contributed by atoms with Gasteiger partial charge < -0.3 is 4.98 Å². The molecule has 12 heavy (non-hydrogen) atoms. The lowest BCUT2D eigenvalue weighted by Crippen LogP contribution is -2.06. The molecule has 0 unspecified atom stereocenters. The van der Waals surface area contributed by atoms with Gasteiger partial charge in [0.2, 0.25) is 0 Å². The monoisotopic (exact) mass is 166 g/mol. The van der Waals surface area contributed by atoms with Gasteiger partial charge in [0.05, 0.1) is 0 Å².